The molecule has 3 aromatic rings. The van der Waals surface area contributed by atoms with E-state index in [1.54, 1.807) is 0 Å². The Morgan fingerprint density at radius 1 is 1.04 bits per heavy atom. The number of hydrogen-bond donors (Lipinski definition) is 1. The quantitative estimate of drug-likeness (QED) is 0.709. The molecule has 5 heteroatoms. The molecule has 28 heavy (non-hydrogen) atoms. The summed E-state index contributed by atoms with van der Waals surface area (Å²) in [5.74, 6) is 0.631. The highest BCUT2D eigenvalue weighted by Gasteiger charge is 2.26. The molecule has 1 fully saturated rings. The number of rotatable bonds is 6. The summed E-state index contributed by atoms with van der Waals surface area (Å²) in [7, 11) is 0. The highest BCUT2D eigenvalue weighted by molar-refractivity contribution is 5.81. The molecule has 0 radical (unpaired) electrons. The lowest BCUT2D eigenvalue weighted by atomic mass is 9.93. The van der Waals surface area contributed by atoms with E-state index in [2.05, 4.69) is 17.1 Å². The van der Waals surface area contributed by atoms with Gasteiger partial charge in [0.1, 0.15) is 19.0 Å². The largest absolute Gasteiger partial charge is 0.388 e. The number of benzene rings is 2. The maximum absolute atomic E-state index is 13.4. The summed E-state index contributed by atoms with van der Waals surface area (Å²) in [6.45, 7) is 0.662. The number of aliphatic hydroxyl groups is 1. The van der Waals surface area contributed by atoms with Crippen molar-refractivity contribution in [1.82, 2.24) is 14.5 Å². The highest BCUT2D eigenvalue weighted by atomic mass is 16.3. The Bertz CT molecular complexity index is 929. The van der Waals surface area contributed by atoms with Crippen LogP contribution in [0.1, 0.15) is 43.5 Å². The average Bonchev–Trinajstić information content (AvgIpc) is 3.11. The third-order valence-corrected chi connectivity index (χ3v) is 5.70. The second-order valence-corrected chi connectivity index (χ2v) is 7.56. The van der Waals surface area contributed by atoms with E-state index in [-0.39, 0.29) is 25.1 Å². The first-order valence-electron chi connectivity index (χ1n) is 10.1. The summed E-state index contributed by atoms with van der Waals surface area (Å²) < 4.78 is 1.86. The summed E-state index contributed by atoms with van der Waals surface area (Å²) in [6.07, 6.45) is 5.75. The van der Waals surface area contributed by atoms with Crippen LogP contribution in [-0.4, -0.2) is 31.5 Å². The normalized spacial score (nSPS) is 15.0. The molecule has 0 atom stereocenters. The van der Waals surface area contributed by atoms with E-state index in [9.17, 15) is 9.90 Å². The van der Waals surface area contributed by atoms with Crippen molar-refractivity contribution in [2.75, 3.05) is 0 Å². The maximum atomic E-state index is 13.4. The Kier molecular flexibility index (Phi) is 5.72. The van der Waals surface area contributed by atoms with Crippen LogP contribution in [-0.2, 0) is 24.5 Å². The lowest BCUT2D eigenvalue weighted by Crippen LogP contribution is -2.42. The molecule has 1 amide bonds. The zero-order valence-corrected chi connectivity index (χ0v) is 16.1. The zero-order valence-electron chi connectivity index (χ0n) is 16.1. The number of aromatic nitrogens is 2. The number of carbonyl (C=O) groups excluding carboxylic acids is 1. The summed E-state index contributed by atoms with van der Waals surface area (Å²) in [5.41, 5.74) is 2.86. The van der Waals surface area contributed by atoms with Gasteiger partial charge in [-0.3, -0.25) is 4.79 Å². The van der Waals surface area contributed by atoms with Gasteiger partial charge in [-0.15, -0.1) is 0 Å². The first-order chi connectivity index (χ1) is 13.8. The molecule has 0 spiro atoms. The number of hydrogen-bond acceptors (Lipinski definition) is 3. The monoisotopic (exact) mass is 377 g/mol. The van der Waals surface area contributed by atoms with Gasteiger partial charge in [-0.05, 0) is 30.5 Å². The Morgan fingerprint density at radius 2 is 1.75 bits per heavy atom. The van der Waals surface area contributed by atoms with Gasteiger partial charge < -0.3 is 14.6 Å². The van der Waals surface area contributed by atoms with Gasteiger partial charge in [0.25, 0.3) is 0 Å². The SMILES string of the molecule is O=C(Cn1c(CO)nc2ccccc21)N(Cc1ccccc1)C1CCCCC1. The fourth-order valence-corrected chi connectivity index (χ4v) is 4.24. The predicted octanol–water partition coefficient (Wildman–Crippen LogP) is 3.89. The number of para-hydroxylation sites is 2. The molecule has 146 valence electrons. The standard InChI is InChI=1S/C23H27N3O2/c27-17-22-24-20-13-7-8-14-21(20)26(22)16-23(28)25(19-11-5-2-6-12-19)15-18-9-3-1-4-10-18/h1,3-4,7-10,13-14,19,27H,2,5-6,11-12,15-17H2. The summed E-state index contributed by atoms with van der Waals surface area (Å²) in [6, 6.07) is 18.2. The van der Waals surface area contributed by atoms with Crippen LogP contribution in [0.25, 0.3) is 11.0 Å². The van der Waals surface area contributed by atoms with E-state index >= 15 is 0 Å². The van der Waals surface area contributed by atoms with Crippen molar-refractivity contribution in [3.63, 3.8) is 0 Å². The van der Waals surface area contributed by atoms with E-state index in [4.69, 9.17) is 0 Å². The van der Waals surface area contributed by atoms with Crippen molar-refractivity contribution in [2.24, 2.45) is 0 Å². The molecule has 1 aliphatic carbocycles. The van der Waals surface area contributed by atoms with Crippen molar-refractivity contribution in [1.29, 1.82) is 0 Å². The Balaban J connectivity index is 1.62. The third-order valence-electron chi connectivity index (χ3n) is 5.70. The summed E-state index contributed by atoms with van der Waals surface area (Å²) in [4.78, 5) is 20.0. The van der Waals surface area contributed by atoms with Gasteiger partial charge in [0.05, 0.1) is 11.0 Å². The average molecular weight is 377 g/mol. The molecule has 5 nitrogen and oxygen atoms in total. The van der Waals surface area contributed by atoms with Gasteiger partial charge in [0.2, 0.25) is 5.91 Å². The van der Waals surface area contributed by atoms with Crippen molar-refractivity contribution in [3.05, 3.63) is 66.0 Å². The van der Waals surface area contributed by atoms with Crippen molar-refractivity contribution in [3.8, 4) is 0 Å². The van der Waals surface area contributed by atoms with Gasteiger partial charge in [-0.1, -0.05) is 61.7 Å². The molecule has 1 saturated carbocycles. The van der Waals surface area contributed by atoms with Crippen LogP contribution in [0, 0.1) is 0 Å². The fraction of sp³-hybridized carbons (Fsp3) is 0.391. The molecule has 1 N–H and O–H groups in total. The lowest BCUT2D eigenvalue weighted by molar-refractivity contribution is -0.135. The van der Waals surface area contributed by atoms with E-state index < -0.39 is 0 Å². The number of aliphatic hydroxyl groups excluding tert-OH is 1. The van der Waals surface area contributed by atoms with Crippen molar-refractivity contribution >= 4 is 16.9 Å². The van der Waals surface area contributed by atoms with E-state index in [1.807, 2.05) is 51.9 Å². The van der Waals surface area contributed by atoms with Crippen LogP contribution < -0.4 is 0 Å². The molecule has 2 aromatic carbocycles. The van der Waals surface area contributed by atoms with Gasteiger partial charge in [0.15, 0.2) is 0 Å². The van der Waals surface area contributed by atoms with Crippen molar-refractivity contribution in [2.45, 2.75) is 57.8 Å². The van der Waals surface area contributed by atoms with E-state index in [1.165, 1.54) is 19.3 Å². The van der Waals surface area contributed by atoms with Crippen LogP contribution in [0.4, 0.5) is 0 Å². The molecule has 0 unspecified atom stereocenters. The van der Waals surface area contributed by atoms with Crippen LogP contribution >= 0.6 is 0 Å². The van der Waals surface area contributed by atoms with Gasteiger partial charge in [-0.2, -0.15) is 0 Å². The molecule has 1 heterocycles. The molecule has 1 aliphatic rings. The Labute approximate surface area is 165 Å². The second-order valence-electron chi connectivity index (χ2n) is 7.56. The van der Waals surface area contributed by atoms with Crippen LogP contribution in [0.3, 0.4) is 0 Å². The fourth-order valence-electron chi connectivity index (χ4n) is 4.24. The molecule has 0 bridgehead atoms. The van der Waals surface area contributed by atoms with Crippen LogP contribution in [0.2, 0.25) is 0 Å². The highest BCUT2D eigenvalue weighted by Crippen LogP contribution is 2.25. The Morgan fingerprint density at radius 3 is 2.50 bits per heavy atom. The van der Waals surface area contributed by atoms with Crippen LogP contribution in [0.5, 0.6) is 0 Å². The molecule has 0 aliphatic heterocycles. The predicted molar refractivity (Wildman–Crippen MR) is 110 cm³/mol. The molecular formula is C23H27N3O2. The van der Waals surface area contributed by atoms with Gasteiger partial charge >= 0.3 is 0 Å². The smallest absolute Gasteiger partial charge is 0.243 e. The topological polar surface area (TPSA) is 58.4 Å². The van der Waals surface area contributed by atoms with Gasteiger partial charge in [0, 0.05) is 12.6 Å². The first-order valence-corrected chi connectivity index (χ1v) is 10.1. The summed E-state index contributed by atoms with van der Waals surface area (Å²) >= 11 is 0. The van der Waals surface area contributed by atoms with Crippen LogP contribution in [0.15, 0.2) is 54.6 Å². The number of nitrogens with zero attached hydrogens (tertiary/aromatic N) is 3. The number of imidazole rings is 1. The number of amides is 1. The van der Waals surface area contributed by atoms with Crippen molar-refractivity contribution < 1.29 is 9.90 Å². The molecule has 1 aromatic heterocycles. The minimum absolute atomic E-state index is 0.0913. The number of carbonyl (C=O) groups is 1. The van der Waals surface area contributed by atoms with E-state index in [0.29, 0.717) is 12.4 Å². The first kappa shape index (κ1) is 18.7. The minimum Gasteiger partial charge on any atom is -0.388 e. The third kappa shape index (κ3) is 3.94. The minimum atomic E-state index is -0.177. The van der Waals surface area contributed by atoms with Gasteiger partial charge in [-0.25, -0.2) is 4.98 Å². The maximum Gasteiger partial charge on any atom is 0.243 e. The second kappa shape index (κ2) is 8.57. The molecule has 0 saturated heterocycles. The Hall–Kier alpha value is -2.66. The zero-order chi connectivity index (χ0) is 19.3. The number of fused-ring (bicyclic) bond motifs is 1. The molecular weight excluding hydrogens is 350 g/mol. The van der Waals surface area contributed by atoms with E-state index in [0.717, 1.165) is 29.4 Å². The summed E-state index contributed by atoms with van der Waals surface area (Å²) in [5, 5.41) is 9.75. The lowest BCUT2D eigenvalue weighted by Gasteiger charge is -2.35. The molecule has 4 rings (SSSR count).